The molecule has 0 bridgehead atoms. The number of alkyl halides is 3. The number of benzene rings is 2. The first-order valence-electron chi connectivity index (χ1n) is 12.5. The van der Waals surface area contributed by atoms with Gasteiger partial charge < -0.3 is 10.1 Å². The molecule has 6 nitrogen and oxygen atoms in total. The molecule has 2 aliphatic rings. The second-order valence-corrected chi connectivity index (χ2v) is 10.5. The van der Waals surface area contributed by atoms with Gasteiger partial charge >= 0.3 is 6.18 Å². The Balaban J connectivity index is 1.66. The Morgan fingerprint density at radius 3 is 2.65 bits per heavy atom. The summed E-state index contributed by atoms with van der Waals surface area (Å²) < 4.78 is 78.6. The third kappa shape index (κ3) is 5.18. The zero-order chi connectivity index (χ0) is 28.6. The minimum absolute atomic E-state index is 0.00721. The van der Waals surface area contributed by atoms with Crippen LogP contribution in [0.25, 0.3) is 11.1 Å². The summed E-state index contributed by atoms with van der Waals surface area (Å²) >= 11 is 1.32. The monoisotopic (exact) mass is 577 g/mol. The summed E-state index contributed by atoms with van der Waals surface area (Å²) in [5.74, 6) is -1.38. The maximum absolute atomic E-state index is 15.5. The molecule has 5 rings (SSSR count). The van der Waals surface area contributed by atoms with Crippen LogP contribution in [0.3, 0.4) is 0 Å². The molecule has 0 fully saturated rings. The first kappa shape index (κ1) is 28.1. The number of nitrogens with one attached hydrogen (secondary N) is 1. The van der Waals surface area contributed by atoms with Gasteiger partial charge in [-0.3, -0.25) is 9.36 Å². The molecule has 0 aliphatic carbocycles. The second kappa shape index (κ2) is 11.2. The molecule has 1 atom stereocenters. The van der Waals surface area contributed by atoms with E-state index in [1.165, 1.54) is 41.6 Å². The normalized spacial score (nSPS) is 16.4. The standard InChI is InChI=1S/C28H25F5N4O2S/c1-15-19(9-20-21(28(31,32)33)6-4-7-22(20)29)27-37(17(14-40-27)13-34-10-16-11-35-36-12-16)26(38)24(15)18-5-3-8-23(39-2)25(18)30/h3-8,11-12,17,34H,9-10,13-14H2,1-2H3,(H,35,36)/p+1. The van der Waals surface area contributed by atoms with Crippen molar-refractivity contribution in [2.24, 2.45) is 5.10 Å². The van der Waals surface area contributed by atoms with Crippen molar-refractivity contribution in [3.8, 4) is 16.9 Å². The van der Waals surface area contributed by atoms with Gasteiger partial charge in [0.1, 0.15) is 12.0 Å². The van der Waals surface area contributed by atoms with Gasteiger partial charge in [0.05, 0.1) is 35.5 Å². The smallest absolute Gasteiger partial charge is 0.416 e. The predicted octanol–water partition coefficient (Wildman–Crippen LogP) is 4.40. The van der Waals surface area contributed by atoms with E-state index in [-0.39, 0.29) is 22.9 Å². The lowest BCUT2D eigenvalue weighted by molar-refractivity contribution is -0.590. The van der Waals surface area contributed by atoms with Crippen molar-refractivity contribution in [1.29, 1.82) is 0 Å². The maximum atomic E-state index is 15.5. The Morgan fingerprint density at radius 1 is 1.18 bits per heavy atom. The summed E-state index contributed by atoms with van der Waals surface area (Å²) in [5.41, 5.74) is 1.16. The summed E-state index contributed by atoms with van der Waals surface area (Å²) in [4.78, 5) is 14.0. The SMILES string of the molecule is COc1cccc(-c2c(C)c(Cc3c(F)cccc3C(F)(F)F)c3n(c2=O)C(CNCC2=C[NH2+]N=C2)CS3)c1F. The van der Waals surface area contributed by atoms with Crippen LogP contribution < -0.4 is 21.0 Å². The molecule has 1 aromatic heterocycles. The van der Waals surface area contributed by atoms with Crippen molar-refractivity contribution in [3.05, 3.63) is 92.4 Å². The van der Waals surface area contributed by atoms with E-state index in [1.807, 2.05) is 6.20 Å². The number of fused-ring (bicyclic) bond motifs is 1. The number of methoxy groups -OCH3 is 1. The van der Waals surface area contributed by atoms with E-state index in [2.05, 4.69) is 10.4 Å². The van der Waals surface area contributed by atoms with E-state index in [0.29, 0.717) is 35.0 Å². The Morgan fingerprint density at radius 2 is 1.95 bits per heavy atom. The van der Waals surface area contributed by atoms with Gasteiger partial charge in [0.15, 0.2) is 11.6 Å². The number of quaternary nitrogens is 1. The van der Waals surface area contributed by atoms with E-state index in [0.717, 1.165) is 23.8 Å². The summed E-state index contributed by atoms with van der Waals surface area (Å²) in [5, 5.41) is 7.77. The predicted molar refractivity (Wildman–Crippen MR) is 143 cm³/mol. The number of rotatable bonds is 8. The van der Waals surface area contributed by atoms with Crippen LogP contribution in [0.15, 0.2) is 63.1 Å². The van der Waals surface area contributed by atoms with E-state index in [9.17, 15) is 22.4 Å². The molecular weight excluding hydrogens is 551 g/mol. The molecule has 0 saturated heterocycles. The zero-order valence-corrected chi connectivity index (χ0v) is 22.4. The molecule has 0 amide bonds. The average molecular weight is 578 g/mol. The molecule has 210 valence electrons. The highest BCUT2D eigenvalue weighted by Crippen LogP contribution is 2.42. The molecule has 0 radical (unpaired) electrons. The number of hydrogen-bond acceptors (Lipinski definition) is 5. The van der Waals surface area contributed by atoms with Crippen LogP contribution in [-0.4, -0.2) is 36.7 Å². The highest BCUT2D eigenvalue weighted by atomic mass is 32.2. The van der Waals surface area contributed by atoms with E-state index < -0.39 is 40.9 Å². The lowest BCUT2D eigenvalue weighted by Crippen LogP contribution is -2.69. The van der Waals surface area contributed by atoms with Crippen molar-refractivity contribution in [2.75, 3.05) is 26.0 Å². The van der Waals surface area contributed by atoms with Gasteiger partial charge in [0, 0.05) is 42.0 Å². The lowest BCUT2D eigenvalue weighted by Gasteiger charge is -2.22. The quantitative estimate of drug-likeness (QED) is 0.308. The fourth-order valence-corrected chi connectivity index (χ4v) is 6.48. The number of hydrogen-bond donors (Lipinski definition) is 2. The van der Waals surface area contributed by atoms with Gasteiger partial charge in [0.25, 0.3) is 5.56 Å². The Bertz CT molecular complexity index is 1580. The molecule has 40 heavy (non-hydrogen) atoms. The molecule has 3 N–H and O–H groups in total. The second-order valence-electron chi connectivity index (χ2n) is 9.49. The van der Waals surface area contributed by atoms with E-state index >= 15 is 4.39 Å². The molecular formula is C28H26F5N4O2S+. The summed E-state index contributed by atoms with van der Waals surface area (Å²) in [6, 6.07) is 6.85. The molecule has 1 unspecified atom stereocenters. The van der Waals surface area contributed by atoms with Crippen LogP contribution in [0.5, 0.6) is 5.75 Å². The molecule has 0 saturated carbocycles. The van der Waals surface area contributed by atoms with Gasteiger partial charge in [-0.2, -0.15) is 18.6 Å². The Kier molecular flexibility index (Phi) is 7.85. The molecule has 12 heteroatoms. The van der Waals surface area contributed by atoms with Crippen molar-refractivity contribution in [3.63, 3.8) is 0 Å². The number of nitrogens with two attached hydrogens (primary N) is 1. The van der Waals surface area contributed by atoms with Gasteiger partial charge in [-0.15, -0.1) is 11.8 Å². The number of nitrogens with zero attached hydrogens (tertiary/aromatic N) is 2. The third-order valence-electron chi connectivity index (χ3n) is 7.07. The molecule has 3 heterocycles. The minimum atomic E-state index is -4.78. The molecule has 0 spiro atoms. The fourth-order valence-electron chi connectivity index (χ4n) is 5.09. The number of halogens is 5. The third-order valence-corrected chi connectivity index (χ3v) is 8.34. The van der Waals surface area contributed by atoms with Crippen molar-refractivity contribution < 1.29 is 32.1 Å². The van der Waals surface area contributed by atoms with Crippen LogP contribution in [0.2, 0.25) is 0 Å². The van der Waals surface area contributed by atoms with E-state index in [1.54, 1.807) is 18.6 Å². The molecule has 2 aromatic carbocycles. The van der Waals surface area contributed by atoms with E-state index in [4.69, 9.17) is 4.74 Å². The lowest BCUT2D eigenvalue weighted by atomic mass is 9.92. The van der Waals surface area contributed by atoms with Gasteiger partial charge in [-0.25, -0.2) is 8.78 Å². The average Bonchev–Trinajstić information content (AvgIpc) is 3.58. The van der Waals surface area contributed by atoms with Crippen LogP contribution in [0.1, 0.15) is 28.3 Å². The Hall–Kier alpha value is -3.48. The fraction of sp³-hybridized carbons (Fsp3) is 0.286. The summed E-state index contributed by atoms with van der Waals surface area (Å²) in [6.45, 7) is 2.45. The highest BCUT2D eigenvalue weighted by Gasteiger charge is 2.36. The number of aromatic nitrogens is 1. The van der Waals surface area contributed by atoms with Crippen LogP contribution in [0.4, 0.5) is 22.0 Å². The number of pyridine rings is 1. The van der Waals surface area contributed by atoms with Gasteiger partial charge in [-0.1, -0.05) is 23.3 Å². The summed E-state index contributed by atoms with van der Waals surface area (Å²) in [6.07, 6.45) is -1.63. The topological polar surface area (TPSA) is 72.2 Å². The van der Waals surface area contributed by atoms with Gasteiger partial charge in [-0.05, 0) is 36.2 Å². The highest BCUT2D eigenvalue weighted by molar-refractivity contribution is 7.99. The molecule has 2 aliphatic heterocycles. The number of ether oxygens (including phenoxy) is 1. The van der Waals surface area contributed by atoms with Crippen LogP contribution in [-0.2, 0) is 12.6 Å². The van der Waals surface area contributed by atoms with Crippen molar-refractivity contribution >= 4 is 18.0 Å². The van der Waals surface area contributed by atoms with Crippen molar-refractivity contribution in [1.82, 2.24) is 9.88 Å². The van der Waals surface area contributed by atoms with Gasteiger partial charge in [0.2, 0.25) is 0 Å². The maximum Gasteiger partial charge on any atom is 0.416 e. The van der Waals surface area contributed by atoms with Crippen LogP contribution in [0, 0.1) is 18.6 Å². The molecule has 3 aromatic rings. The Labute approximate surface area is 230 Å². The first-order chi connectivity index (χ1) is 19.1. The first-order valence-corrected chi connectivity index (χ1v) is 13.4. The zero-order valence-electron chi connectivity index (χ0n) is 21.6. The van der Waals surface area contributed by atoms with Crippen LogP contribution >= 0.6 is 11.8 Å². The summed E-state index contributed by atoms with van der Waals surface area (Å²) in [7, 11) is 1.30. The number of thioether (sulfide) groups is 1. The largest absolute Gasteiger partial charge is 0.494 e. The van der Waals surface area contributed by atoms with Crippen molar-refractivity contribution in [2.45, 2.75) is 30.6 Å². The minimum Gasteiger partial charge on any atom is -0.494 e.